The number of nitrogens with zero attached hydrogens (tertiary/aromatic N) is 1. The van der Waals surface area contributed by atoms with E-state index in [0.717, 1.165) is 0 Å². The molecular formula is C21H19AsN2O8. The van der Waals surface area contributed by atoms with Gasteiger partial charge >= 0.3 is 88.4 Å². The maximum atomic E-state index is 12.1. The van der Waals surface area contributed by atoms with Crippen LogP contribution in [0.5, 0.6) is 0 Å². The van der Waals surface area contributed by atoms with Gasteiger partial charge in [-0.3, -0.25) is 14.9 Å². The van der Waals surface area contributed by atoms with Crippen molar-refractivity contribution in [1.82, 2.24) is 0 Å². The molecule has 11 heteroatoms. The second-order valence-corrected chi connectivity index (χ2v) is 9.91. The number of carbonyl (C=O) groups excluding carboxylic acids is 2. The predicted octanol–water partition coefficient (Wildman–Crippen LogP) is 2.53. The number of rotatable bonds is 6. The van der Waals surface area contributed by atoms with Gasteiger partial charge in [0.1, 0.15) is 5.56 Å². The Morgan fingerprint density at radius 3 is 2.22 bits per heavy atom. The van der Waals surface area contributed by atoms with E-state index in [1.807, 2.05) is 0 Å². The molecule has 0 aliphatic heterocycles. The number of anilines is 1. The van der Waals surface area contributed by atoms with Gasteiger partial charge in [0.15, 0.2) is 5.78 Å². The van der Waals surface area contributed by atoms with Gasteiger partial charge in [-0.1, -0.05) is 42.5 Å². The first-order valence-corrected chi connectivity index (χ1v) is 12.3. The van der Waals surface area contributed by atoms with Gasteiger partial charge in [0.2, 0.25) is 0 Å². The minimum absolute atomic E-state index is 0.0399. The van der Waals surface area contributed by atoms with Crippen molar-refractivity contribution in [2.45, 2.75) is 6.92 Å². The molecule has 0 aliphatic rings. The summed E-state index contributed by atoms with van der Waals surface area (Å²) in [5.41, 5.74) is 0.764. The number of nitro benzene ring substituents is 1. The normalized spacial score (nSPS) is 12.0. The number of nitro groups is 1. The molecule has 32 heavy (non-hydrogen) atoms. The number of amides is 1. The van der Waals surface area contributed by atoms with Crippen LogP contribution in [0.1, 0.15) is 22.8 Å². The van der Waals surface area contributed by atoms with E-state index in [-0.39, 0.29) is 27.3 Å². The molecule has 0 aliphatic carbocycles. The Morgan fingerprint density at radius 1 is 1.00 bits per heavy atom. The Balaban J connectivity index is 0.000000229. The van der Waals surface area contributed by atoms with Crippen molar-refractivity contribution in [3.05, 3.63) is 100 Å². The van der Waals surface area contributed by atoms with Gasteiger partial charge in [-0.25, -0.2) is 0 Å². The molecule has 0 aromatic heterocycles. The topological polar surface area (TPSA) is 156 Å². The fourth-order valence-electron chi connectivity index (χ4n) is 2.58. The second-order valence-electron chi connectivity index (χ2n) is 6.30. The monoisotopic (exact) mass is 502 g/mol. The maximum Gasteiger partial charge on any atom is 0.280 e. The van der Waals surface area contributed by atoms with Crippen molar-refractivity contribution in [2.24, 2.45) is 0 Å². The predicted molar refractivity (Wildman–Crippen MR) is 116 cm³/mol. The Morgan fingerprint density at radius 2 is 1.62 bits per heavy atom. The van der Waals surface area contributed by atoms with Crippen molar-refractivity contribution < 1.29 is 31.5 Å². The van der Waals surface area contributed by atoms with Gasteiger partial charge in [0.25, 0.3) is 5.69 Å². The van der Waals surface area contributed by atoms with E-state index in [1.165, 1.54) is 37.3 Å². The quantitative estimate of drug-likeness (QED) is 0.153. The molecule has 0 saturated heterocycles. The number of ketones is 1. The van der Waals surface area contributed by atoms with Crippen LogP contribution in [-0.2, 0) is 12.4 Å². The SMILES string of the molecule is CC(=O)Nc1cccc([As](=O)(O)OO)c1.O=C(c1ccccc1)c1ccccc1[N+](=O)[O-]. The van der Waals surface area contributed by atoms with E-state index in [4.69, 9.17) is 5.26 Å². The fourth-order valence-corrected chi connectivity index (χ4v) is 3.99. The largest absolute Gasteiger partial charge is 0.288 e. The van der Waals surface area contributed by atoms with E-state index in [1.54, 1.807) is 48.5 Å². The van der Waals surface area contributed by atoms with Crippen molar-refractivity contribution in [1.29, 1.82) is 0 Å². The molecule has 3 aromatic carbocycles. The molecule has 3 rings (SSSR count). The minimum atomic E-state index is -4.83. The van der Waals surface area contributed by atoms with Crippen molar-refractivity contribution in [3.8, 4) is 0 Å². The molecule has 0 saturated carbocycles. The van der Waals surface area contributed by atoms with Gasteiger partial charge in [-0.05, 0) is 6.07 Å². The third kappa shape index (κ3) is 6.73. The van der Waals surface area contributed by atoms with Crippen LogP contribution in [-0.4, -0.2) is 40.1 Å². The summed E-state index contributed by atoms with van der Waals surface area (Å²) in [6.45, 7) is 1.32. The number of carbonyl (C=O) groups is 2. The summed E-state index contributed by atoms with van der Waals surface area (Å²) in [6, 6.07) is 20.1. The average molecular weight is 502 g/mol. The zero-order chi connectivity index (χ0) is 23.7. The van der Waals surface area contributed by atoms with E-state index < -0.39 is 19.1 Å². The van der Waals surface area contributed by atoms with Gasteiger partial charge in [0.05, 0.1) is 4.92 Å². The summed E-state index contributed by atoms with van der Waals surface area (Å²) < 4.78 is 23.9. The molecule has 1 amide bonds. The van der Waals surface area contributed by atoms with Crippen LogP contribution in [0.25, 0.3) is 0 Å². The molecule has 0 radical (unpaired) electrons. The van der Waals surface area contributed by atoms with E-state index in [2.05, 4.69) is 9.19 Å². The average Bonchev–Trinajstić information content (AvgIpc) is 2.79. The second kappa shape index (κ2) is 11.2. The summed E-state index contributed by atoms with van der Waals surface area (Å²) in [4.78, 5) is 33.1. The molecule has 0 bridgehead atoms. The van der Waals surface area contributed by atoms with E-state index >= 15 is 0 Å². The first-order valence-electron chi connectivity index (χ1n) is 9.03. The van der Waals surface area contributed by atoms with Crippen LogP contribution in [0.2, 0.25) is 0 Å². The Labute approximate surface area is 185 Å². The van der Waals surface area contributed by atoms with E-state index in [9.17, 15) is 27.5 Å². The third-order valence-electron chi connectivity index (χ3n) is 3.98. The molecule has 1 unspecified atom stereocenters. The number of para-hydroxylation sites is 1. The Kier molecular flexibility index (Phi) is 8.62. The van der Waals surface area contributed by atoms with Crippen LogP contribution < -0.4 is 9.67 Å². The van der Waals surface area contributed by atoms with Crippen molar-refractivity contribution in [2.75, 3.05) is 5.32 Å². The van der Waals surface area contributed by atoms with Crippen molar-refractivity contribution >= 4 is 41.6 Å². The zero-order valence-corrected chi connectivity index (χ0v) is 18.6. The molecule has 0 heterocycles. The molecule has 166 valence electrons. The van der Waals surface area contributed by atoms with Gasteiger partial charge in [-0.2, -0.15) is 0 Å². The number of benzene rings is 3. The van der Waals surface area contributed by atoms with Crippen LogP contribution in [0.15, 0.2) is 78.9 Å². The minimum Gasteiger partial charge on any atom is -0.288 e. The van der Waals surface area contributed by atoms with Gasteiger partial charge in [0, 0.05) is 11.6 Å². The molecular weight excluding hydrogens is 483 g/mol. The fraction of sp³-hybridized carbons (Fsp3) is 0.0476. The van der Waals surface area contributed by atoms with Gasteiger partial charge in [-0.15, -0.1) is 0 Å². The first kappa shape index (κ1) is 24.7. The summed E-state index contributed by atoms with van der Waals surface area (Å²) in [5, 5.41) is 21.5. The smallest absolute Gasteiger partial charge is 0.280 e. The Bertz CT molecular complexity index is 1170. The molecule has 3 N–H and O–H groups in total. The maximum absolute atomic E-state index is 12.1. The van der Waals surface area contributed by atoms with Gasteiger partial charge < -0.3 is 0 Å². The van der Waals surface area contributed by atoms with Crippen LogP contribution in [0.3, 0.4) is 0 Å². The summed E-state index contributed by atoms with van der Waals surface area (Å²) in [5.74, 6) is -0.630. The summed E-state index contributed by atoms with van der Waals surface area (Å²) in [7, 11) is 0. The standard InChI is InChI=1S/C13H9NO3.C8H10AsNO5/c15-13(10-6-2-1-3-7-10)11-8-4-5-9-12(11)14(16)17;1-6(11)10-8-4-2-3-7(5-8)9(12,13)15-14/h1-9H;2-5,14H,1H3,(H,10,11)(H,12,13). The summed E-state index contributed by atoms with van der Waals surface area (Å²) in [6.07, 6.45) is 0. The number of hydrogen-bond donors (Lipinski definition) is 3. The summed E-state index contributed by atoms with van der Waals surface area (Å²) >= 11 is -4.83. The molecule has 1 atom stereocenters. The molecule has 3 aromatic rings. The molecule has 0 fully saturated rings. The van der Waals surface area contributed by atoms with Crippen LogP contribution in [0.4, 0.5) is 11.4 Å². The van der Waals surface area contributed by atoms with Crippen molar-refractivity contribution in [3.63, 3.8) is 0 Å². The third-order valence-corrected chi connectivity index (χ3v) is 6.40. The number of nitrogens with one attached hydrogen (secondary N) is 1. The van der Waals surface area contributed by atoms with E-state index in [0.29, 0.717) is 11.3 Å². The first-order chi connectivity index (χ1) is 15.2. The van der Waals surface area contributed by atoms with Crippen LogP contribution >= 0.6 is 0 Å². The van der Waals surface area contributed by atoms with Crippen LogP contribution in [0, 0.1) is 10.1 Å². The molecule has 0 spiro atoms. The molecule has 10 nitrogen and oxygen atoms in total. The Hall–Kier alpha value is -3.56. The number of hydrogen-bond acceptors (Lipinski definition) is 7. The zero-order valence-electron chi connectivity index (χ0n) is 16.7.